The molecule has 1 aromatic carbocycles. The summed E-state index contributed by atoms with van der Waals surface area (Å²) in [6.07, 6.45) is -0.383. The molecular formula is C13H19NO2. The van der Waals surface area contributed by atoms with Crippen molar-refractivity contribution in [1.82, 2.24) is 5.32 Å². The summed E-state index contributed by atoms with van der Waals surface area (Å²) in [5, 5.41) is 13.1. The predicted octanol–water partition coefficient (Wildman–Crippen LogP) is 1.41. The van der Waals surface area contributed by atoms with Gasteiger partial charge in [-0.1, -0.05) is 24.3 Å². The van der Waals surface area contributed by atoms with E-state index in [9.17, 15) is 5.11 Å². The van der Waals surface area contributed by atoms with E-state index >= 15 is 0 Å². The number of hydrogen-bond donors (Lipinski definition) is 2. The highest BCUT2D eigenvalue weighted by atomic mass is 16.5. The lowest BCUT2D eigenvalue weighted by atomic mass is 10.0. The second kappa shape index (κ2) is 4.95. The molecule has 1 heterocycles. The smallest absolute Gasteiger partial charge is 0.0948 e. The van der Waals surface area contributed by atoms with E-state index in [1.54, 1.807) is 0 Å². The highest BCUT2D eigenvalue weighted by molar-refractivity contribution is 5.28. The van der Waals surface area contributed by atoms with E-state index in [2.05, 4.69) is 31.3 Å². The van der Waals surface area contributed by atoms with Crippen LogP contribution in [0.4, 0.5) is 0 Å². The van der Waals surface area contributed by atoms with Crippen LogP contribution in [0.5, 0.6) is 0 Å². The van der Waals surface area contributed by atoms with Gasteiger partial charge in [-0.25, -0.2) is 0 Å². The predicted molar refractivity (Wildman–Crippen MR) is 63.3 cm³/mol. The number of aryl methyl sites for hydroxylation is 1. The number of aliphatic hydroxyl groups is 1. The molecule has 2 rings (SSSR count). The molecule has 3 atom stereocenters. The zero-order valence-corrected chi connectivity index (χ0v) is 9.81. The lowest BCUT2D eigenvalue weighted by Gasteiger charge is -2.22. The minimum absolute atomic E-state index is 0.0506. The topological polar surface area (TPSA) is 41.5 Å². The first-order valence-corrected chi connectivity index (χ1v) is 5.76. The van der Waals surface area contributed by atoms with Crippen molar-refractivity contribution in [3.8, 4) is 0 Å². The molecule has 0 amide bonds. The summed E-state index contributed by atoms with van der Waals surface area (Å²) in [6, 6.07) is 8.60. The van der Waals surface area contributed by atoms with E-state index in [-0.39, 0.29) is 18.2 Å². The standard InChI is InChI=1S/C13H19NO2/c1-9-5-3-4-6-11(9)10(2)14-12-7-16-8-13(12)15/h3-6,10,12-15H,7-8H2,1-2H3/t10-,12?,13?/m0/s1. The van der Waals surface area contributed by atoms with Gasteiger partial charge in [0.15, 0.2) is 0 Å². The first-order chi connectivity index (χ1) is 7.68. The SMILES string of the molecule is Cc1ccccc1[C@H](C)NC1COCC1O. The van der Waals surface area contributed by atoms with Crippen LogP contribution in [0, 0.1) is 6.92 Å². The summed E-state index contributed by atoms with van der Waals surface area (Å²) < 4.78 is 5.22. The molecule has 1 aliphatic rings. The molecule has 0 spiro atoms. The number of rotatable bonds is 3. The Labute approximate surface area is 96.4 Å². The third kappa shape index (κ3) is 2.43. The summed E-state index contributed by atoms with van der Waals surface area (Å²) in [5.74, 6) is 0. The largest absolute Gasteiger partial charge is 0.389 e. The number of benzene rings is 1. The van der Waals surface area contributed by atoms with Crippen LogP contribution in [0.1, 0.15) is 24.1 Å². The molecule has 88 valence electrons. The Morgan fingerprint density at radius 2 is 2.12 bits per heavy atom. The van der Waals surface area contributed by atoms with Crippen LogP contribution in [-0.4, -0.2) is 30.5 Å². The maximum atomic E-state index is 9.67. The van der Waals surface area contributed by atoms with Crippen molar-refractivity contribution in [2.75, 3.05) is 13.2 Å². The molecule has 1 fully saturated rings. The van der Waals surface area contributed by atoms with Crippen LogP contribution in [0.15, 0.2) is 24.3 Å². The maximum absolute atomic E-state index is 9.67. The molecule has 2 unspecified atom stereocenters. The summed E-state index contributed by atoms with van der Waals surface area (Å²) in [7, 11) is 0. The van der Waals surface area contributed by atoms with E-state index in [4.69, 9.17) is 4.74 Å². The van der Waals surface area contributed by atoms with Gasteiger partial charge in [-0.2, -0.15) is 0 Å². The average Bonchev–Trinajstić information content (AvgIpc) is 2.65. The Bertz CT molecular complexity index is 354. The second-order valence-electron chi connectivity index (χ2n) is 4.46. The van der Waals surface area contributed by atoms with Gasteiger partial charge in [0.1, 0.15) is 0 Å². The van der Waals surface area contributed by atoms with Gasteiger partial charge in [0.05, 0.1) is 25.4 Å². The van der Waals surface area contributed by atoms with E-state index in [0.29, 0.717) is 13.2 Å². The maximum Gasteiger partial charge on any atom is 0.0948 e. The van der Waals surface area contributed by atoms with Crippen LogP contribution in [0.3, 0.4) is 0 Å². The molecule has 0 saturated carbocycles. The second-order valence-corrected chi connectivity index (χ2v) is 4.46. The Morgan fingerprint density at radius 3 is 2.75 bits per heavy atom. The van der Waals surface area contributed by atoms with E-state index in [1.165, 1.54) is 11.1 Å². The molecular weight excluding hydrogens is 202 g/mol. The molecule has 16 heavy (non-hydrogen) atoms. The van der Waals surface area contributed by atoms with Gasteiger partial charge in [-0.3, -0.25) is 0 Å². The minimum atomic E-state index is -0.383. The van der Waals surface area contributed by atoms with Crippen molar-refractivity contribution in [3.63, 3.8) is 0 Å². The molecule has 3 nitrogen and oxygen atoms in total. The normalized spacial score (nSPS) is 26.9. The molecule has 0 radical (unpaired) electrons. The van der Waals surface area contributed by atoms with Gasteiger partial charge in [-0.05, 0) is 25.0 Å². The van der Waals surface area contributed by atoms with Crippen LogP contribution in [-0.2, 0) is 4.74 Å². The van der Waals surface area contributed by atoms with E-state index in [0.717, 1.165) is 0 Å². The van der Waals surface area contributed by atoms with Crippen LogP contribution in [0.25, 0.3) is 0 Å². The number of ether oxygens (including phenoxy) is 1. The average molecular weight is 221 g/mol. The summed E-state index contributed by atoms with van der Waals surface area (Å²) in [5.41, 5.74) is 2.55. The van der Waals surface area contributed by atoms with Crippen molar-refractivity contribution < 1.29 is 9.84 Å². The first kappa shape index (κ1) is 11.6. The highest BCUT2D eigenvalue weighted by Gasteiger charge is 2.27. The van der Waals surface area contributed by atoms with Crippen LogP contribution >= 0.6 is 0 Å². The Kier molecular flexibility index (Phi) is 3.59. The lowest BCUT2D eigenvalue weighted by molar-refractivity contribution is 0.121. The fraction of sp³-hybridized carbons (Fsp3) is 0.538. The molecule has 2 N–H and O–H groups in total. The number of hydrogen-bond acceptors (Lipinski definition) is 3. The fourth-order valence-electron chi connectivity index (χ4n) is 2.19. The molecule has 0 aromatic heterocycles. The molecule has 1 aromatic rings. The lowest BCUT2D eigenvalue weighted by Crippen LogP contribution is -2.40. The quantitative estimate of drug-likeness (QED) is 0.810. The zero-order valence-electron chi connectivity index (χ0n) is 9.81. The summed E-state index contributed by atoms with van der Waals surface area (Å²) >= 11 is 0. The van der Waals surface area contributed by atoms with Crippen molar-refractivity contribution in [2.45, 2.75) is 32.0 Å². The Morgan fingerprint density at radius 1 is 1.38 bits per heavy atom. The van der Waals surface area contributed by atoms with Crippen molar-refractivity contribution in [2.24, 2.45) is 0 Å². The van der Waals surface area contributed by atoms with Crippen molar-refractivity contribution in [3.05, 3.63) is 35.4 Å². The van der Waals surface area contributed by atoms with Gasteiger partial charge < -0.3 is 15.2 Å². The van der Waals surface area contributed by atoms with Gasteiger partial charge in [0, 0.05) is 6.04 Å². The summed E-state index contributed by atoms with van der Waals surface area (Å²) in [6.45, 7) is 5.26. The van der Waals surface area contributed by atoms with Crippen LogP contribution in [0.2, 0.25) is 0 Å². The molecule has 1 aliphatic heterocycles. The van der Waals surface area contributed by atoms with E-state index in [1.807, 2.05) is 12.1 Å². The molecule has 3 heteroatoms. The van der Waals surface area contributed by atoms with E-state index < -0.39 is 0 Å². The monoisotopic (exact) mass is 221 g/mol. The third-order valence-corrected chi connectivity index (χ3v) is 3.17. The molecule has 0 aliphatic carbocycles. The molecule has 1 saturated heterocycles. The Hall–Kier alpha value is -0.900. The van der Waals surface area contributed by atoms with Gasteiger partial charge in [0.25, 0.3) is 0 Å². The fourth-order valence-corrected chi connectivity index (χ4v) is 2.19. The number of nitrogens with one attached hydrogen (secondary N) is 1. The third-order valence-electron chi connectivity index (χ3n) is 3.17. The zero-order chi connectivity index (χ0) is 11.5. The molecule has 0 bridgehead atoms. The van der Waals surface area contributed by atoms with Crippen LogP contribution < -0.4 is 5.32 Å². The van der Waals surface area contributed by atoms with Gasteiger partial charge >= 0.3 is 0 Å². The first-order valence-electron chi connectivity index (χ1n) is 5.76. The van der Waals surface area contributed by atoms with Gasteiger partial charge in [0.2, 0.25) is 0 Å². The number of aliphatic hydroxyl groups excluding tert-OH is 1. The summed E-state index contributed by atoms with van der Waals surface area (Å²) in [4.78, 5) is 0. The van der Waals surface area contributed by atoms with Crippen molar-refractivity contribution >= 4 is 0 Å². The van der Waals surface area contributed by atoms with Crippen molar-refractivity contribution in [1.29, 1.82) is 0 Å². The minimum Gasteiger partial charge on any atom is -0.389 e. The van der Waals surface area contributed by atoms with Gasteiger partial charge in [-0.15, -0.1) is 0 Å². The highest BCUT2D eigenvalue weighted by Crippen LogP contribution is 2.19. The Balaban J connectivity index is 2.03.